The lowest BCUT2D eigenvalue weighted by molar-refractivity contribution is -0.745. The highest BCUT2D eigenvalue weighted by Crippen LogP contribution is 2.63. The molecule has 0 aliphatic carbocycles. The molecule has 10 N–H and O–H groups in total. The number of aliphatic hydroxyl groups is 3. The van der Waals surface area contributed by atoms with Gasteiger partial charge < -0.3 is 98.2 Å². The van der Waals surface area contributed by atoms with Crippen LogP contribution in [0.1, 0.15) is 18.7 Å². The van der Waals surface area contributed by atoms with Gasteiger partial charge in [-0.15, -0.1) is 0 Å². The van der Waals surface area contributed by atoms with Gasteiger partial charge in [0.2, 0.25) is 17.7 Å². The Balaban J connectivity index is 0.878. The maximum atomic E-state index is 13.6. The molecule has 3 saturated heterocycles. The number of nitrogen functional groups attached to an aromatic ring is 2. The second kappa shape index (κ2) is 23.2. The average Bonchev–Trinajstić information content (AvgIpc) is 4.29. The molecule has 80 heavy (non-hydrogen) atoms. The zero-order chi connectivity index (χ0) is 57.8. The van der Waals surface area contributed by atoms with Gasteiger partial charge in [0.15, 0.2) is 41.4 Å². The Morgan fingerprint density at radius 1 is 0.713 bits per heavy atom. The van der Waals surface area contributed by atoms with E-state index >= 15 is 0 Å². The molecule has 9 heterocycles. The highest BCUT2D eigenvalue weighted by molar-refractivity contribution is 7.65. The Morgan fingerprint density at radius 2 is 1.31 bits per heavy atom. The van der Waals surface area contributed by atoms with Crippen molar-refractivity contribution < 1.29 is 113 Å². The number of anilines is 3. The first-order valence-electron chi connectivity index (χ1n) is 23.0. The van der Waals surface area contributed by atoms with E-state index in [1.54, 1.807) is 0 Å². The Hall–Kier alpha value is -5.19. The number of hydrogen-bond acceptors (Lipinski definition) is 34. The number of H-pyrrole nitrogens is 2. The van der Waals surface area contributed by atoms with Gasteiger partial charge in [0.1, 0.15) is 66.8 Å². The summed E-state index contributed by atoms with van der Waals surface area (Å²) in [6.07, 6.45) is -15.4. The van der Waals surface area contributed by atoms with Crippen LogP contribution in [0.15, 0.2) is 34.9 Å². The van der Waals surface area contributed by atoms with Crippen molar-refractivity contribution in [1.82, 2.24) is 53.6 Å². The molecule has 16 atom stereocenters. The molecule has 6 aromatic heterocycles. The molecular formula is C36H48N15O25P4-3. The smallest absolute Gasteiger partial charge is 0.313 e. The van der Waals surface area contributed by atoms with E-state index in [0.29, 0.717) is 0 Å². The van der Waals surface area contributed by atoms with Crippen molar-refractivity contribution in [3.05, 3.63) is 46.0 Å². The molecule has 0 radical (unpaired) electrons. The number of phosphoric acid groups is 4. The number of aromatic nitrogens is 12. The number of aliphatic hydroxyl groups excluding tert-OH is 3. The average molecular weight is 1210 g/mol. The minimum Gasteiger partial charge on any atom is -0.756 e. The third-order valence-corrected chi connectivity index (χ3v) is 17.4. The highest BCUT2D eigenvalue weighted by atomic mass is 31.3. The van der Waals surface area contributed by atoms with E-state index in [0.717, 1.165) is 24.3 Å². The minimum absolute atomic E-state index is 0.0118. The maximum Gasteiger partial charge on any atom is 0.313 e. The van der Waals surface area contributed by atoms with E-state index in [2.05, 4.69) is 53.8 Å². The lowest BCUT2D eigenvalue weighted by Gasteiger charge is -2.35. The molecule has 0 aromatic carbocycles. The Labute approximate surface area is 445 Å². The van der Waals surface area contributed by atoms with Gasteiger partial charge in [-0.05, 0) is 0 Å². The van der Waals surface area contributed by atoms with Crippen molar-refractivity contribution in [2.75, 3.05) is 71.1 Å². The zero-order valence-corrected chi connectivity index (χ0v) is 45.1. The lowest BCUT2D eigenvalue weighted by Crippen LogP contribution is -2.46. The summed E-state index contributed by atoms with van der Waals surface area (Å²) in [7, 11) is -19.5. The van der Waals surface area contributed by atoms with Crippen LogP contribution in [-0.4, -0.2) is 178 Å². The predicted octanol–water partition coefficient (Wildman–Crippen LogP) is -6.11. The molecule has 3 aliphatic heterocycles. The van der Waals surface area contributed by atoms with Crippen molar-refractivity contribution in [1.29, 1.82) is 0 Å². The lowest BCUT2D eigenvalue weighted by atomic mass is 10.1. The summed E-state index contributed by atoms with van der Waals surface area (Å²) in [5, 5.41) is 35.9. The summed E-state index contributed by atoms with van der Waals surface area (Å²) in [5.74, 6) is -0.409. The van der Waals surface area contributed by atoms with E-state index in [1.807, 2.05) is 0 Å². The third-order valence-electron chi connectivity index (χ3n) is 12.3. The fourth-order valence-electron chi connectivity index (χ4n) is 8.88. The molecule has 7 unspecified atom stereocenters. The fraction of sp³-hybridized carbons (Fsp3) is 0.583. The minimum atomic E-state index is -6.59. The van der Waals surface area contributed by atoms with Gasteiger partial charge in [-0.1, -0.05) is 4.98 Å². The number of nitrogens with one attached hydrogen (secondary N) is 3. The monoisotopic (exact) mass is 1210 g/mol. The predicted molar refractivity (Wildman–Crippen MR) is 251 cm³/mol. The Morgan fingerprint density at radius 3 is 1.98 bits per heavy atom. The van der Waals surface area contributed by atoms with Crippen molar-refractivity contribution in [2.45, 2.75) is 73.6 Å². The van der Waals surface area contributed by atoms with Gasteiger partial charge in [-0.2, -0.15) is 4.98 Å². The van der Waals surface area contributed by atoms with E-state index < -0.39 is 136 Å². The fourth-order valence-corrected chi connectivity index (χ4v) is 13.2. The van der Waals surface area contributed by atoms with Crippen molar-refractivity contribution in [3.8, 4) is 0 Å². The first kappa shape index (κ1) is 59.4. The number of methoxy groups -OCH3 is 2. The molecule has 0 saturated carbocycles. The molecule has 0 bridgehead atoms. The number of fused-ring (bicyclic) bond motifs is 3. The van der Waals surface area contributed by atoms with E-state index in [1.165, 1.54) is 47.6 Å². The summed E-state index contributed by atoms with van der Waals surface area (Å²) in [6.45, 7) is -3.83. The number of imidazole rings is 3. The molecule has 440 valence electrons. The Kier molecular flexibility index (Phi) is 17.3. The van der Waals surface area contributed by atoms with Crippen molar-refractivity contribution in [2.24, 2.45) is 7.05 Å². The number of nitrogens with two attached hydrogens (primary N) is 2. The van der Waals surface area contributed by atoms with Crippen LogP contribution in [0, 0.1) is 0 Å². The van der Waals surface area contributed by atoms with E-state index in [4.69, 9.17) is 58.0 Å². The number of phosphoric ester groups is 3. The molecule has 44 heteroatoms. The van der Waals surface area contributed by atoms with Crippen LogP contribution >= 0.6 is 31.3 Å². The number of hydrogen-bond donors (Lipinski definition) is 8. The van der Waals surface area contributed by atoms with Crippen LogP contribution in [0.4, 0.5) is 17.7 Å². The van der Waals surface area contributed by atoms with Crippen LogP contribution in [0.3, 0.4) is 0 Å². The van der Waals surface area contributed by atoms with Crippen LogP contribution in [0.5, 0.6) is 0 Å². The van der Waals surface area contributed by atoms with Gasteiger partial charge in [0.25, 0.3) is 48.4 Å². The third kappa shape index (κ3) is 12.3. The number of nitrogens with zero attached hydrogens (tertiary/aromatic N) is 10. The molecule has 9 rings (SSSR count). The second-order valence-electron chi connectivity index (χ2n) is 17.4. The summed E-state index contributed by atoms with van der Waals surface area (Å²) >= 11 is 0. The van der Waals surface area contributed by atoms with Crippen molar-refractivity contribution in [3.63, 3.8) is 0 Å². The normalized spacial score (nSPS) is 29.3. The summed E-state index contributed by atoms with van der Waals surface area (Å²) in [5.41, 5.74) is 9.72. The Bertz CT molecular complexity index is 3570. The number of rotatable bonds is 24. The molecule has 40 nitrogen and oxygen atoms in total. The molecule has 3 fully saturated rings. The molecular weight excluding hydrogens is 1170 g/mol. The van der Waals surface area contributed by atoms with Gasteiger partial charge >= 0.3 is 5.65 Å². The summed E-state index contributed by atoms with van der Waals surface area (Å²) in [4.78, 5) is 107. The van der Waals surface area contributed by atoms with Crippen molar-refractivity contribution >= 4 is 82.5 Å². The molecule has 3 aliphatic rings. The van der Waals surface area contributed by atoms with Crippen LogP contribution < -0.4 is 52.0 Å². The van der Waals surface area contributed by atoms with Crippen LogP contribution in [-0.2, 0) is 80.4 Å². The van der Waals surface area contributed by atoms with Gasteiger partial charge in [-0.3, -0.25) is 51.5 Å². The molecule has 0 spiro atoms. The van der Waals surface area contributed by atoms with Gasteiger partial charge in [0, 0.05) is 21.3 Å². The maximum absolute atomic E-state index is 13.6. The first-order valence-corrected chi connectivity index (χ1v) is 28.9. The number of aromatic amines is 2. The zero-order valence-electron chi connectivity index (χ0n) is 41.5. The van der Waals surface area contributed by atoms with Gasteiger partial charge in [-0.25, -0.2) is 33.1 Å². The number of ether oxygens (including phenoxy) is 6. The molecule has 6 aromatic rings. The van der Waals surface area contributed by atoms with E-state index in [-0.39, 0.29) is 64.4 Å². The summed E-state index contributed by atoms with van der Waals surface area (Å²) in [6, 6.07) is 0. The van der Waals surface area contributed by atoms with E-state index in [9.17, 15) is 62.7 Å². The highest BCUT2D eigenvalue weighted by Gasteiger charge is 2.52. The first-order chi connectivity index (χ1) is 37.7. The van der Waals surface area contributed by atoms with Gasteiger partial charge in [0.05, 0.1) is 52.7 Å². The largest absolute Gasteiger partial charge is 0.756 e. The van der Waals surface area contributed by atoms with Crippen LogP contribution in [0.25, 0.3) is 33.5 Å². The summed E-state index contributed by atoms with van der Waals surface area (Å²) < 4.78 is 119. The standard InChI is InChI=1S/C36H51N15O25P4/c1-39-26-17-27(41-10-40-26)49(11-42-17)34-25(66-4)24(74-77(57,58)68-7-14-20(52)21(53)32(71-14)50-12-43-18-28(50)44-35(37)46-30(18)55)16(73-34)9-70-79(61,62)76-80(63,64)75-78(59,60)69-8-15-23(67-6-5-65-3)22(54)33(72-15)51-13-48(2)19-29(51)45-36(38)47-31(19)56/h10-16,20-25,32-34,52-54H,5-9H2,1-4H3,(H10-,37,38,39,40,41,44,45,46,47,55,56,57,58,59,60,61,62,63,64)/p-3/t14-,15-,16-,20?,21+,22?,23+,24?,25+,32-,33-,34-/m1/s1. The quantitative estimate of drug-likeness (QED) is 0.0159. The number of aryl methyl sites for hydroxylation is 1. The second-order valence-corrected chi connectivity index (χ2v) is 23.3. The van der Waals surface area contributed by atoms with Crippen LogP contribution in [0.2, 0.25) is 0 Å². The SMILES string of the molecule is CNc1ncnc2c1ncn2[C@@H]1O[C@H](COP(=O)([O-])OP(=O)([O-])OP(=O)([O-])OC[C@H]2O[C@@H]([n+]3cn(C)c4c(=O)[nH]c(N)nc43)C(O)[C@H]2OCCOC)C(OP(=O)([O-])OC[C@H]2O[C@@H](n3cnc4c(=O)[nH]c(N)nc43)[C@@H](O)C2O)[C@@H]1OC. The topological polar surface area (TPSA) is 558 Å². The molecule has 0 amide bonds.